The number of carboxylic acids is 1. The second-order valence-electron chi connectivity index (χ2n) is 7.65. The molecule has 35 heavy (non-hydrogen) atoms. The Morgan fingerprint density at radius 1 is 1.29 bits per heavy atom. The van der Waals surface area contributed by atoms with Gasteiger partial charge in [-0.3, -0.25) is 14.2 Å². The van der Waals surface area contributed by atoms with Crippen molar-refractivity contribution >= 4 is 51.6 Å². The van der Waals surface area contributed by atoms with E-state index in [2.05, 4.69) is 34.4 Å². The van der Waals surface area contributed by atoms with Gasteiger partial charge in [0.2, 0.25) is 0 Å². The molecule has 0 saturated carbocycles. The highest BCUT2D eigenvalue weighted by molar-refractivity contribution is 7.07. The molecule has 2 heterocycles. The normalized spacial score (nSPS) is 12.6. The molecule has 0 aliphatic heterocycles. The number of hydrogen-bond donors (Lipinski definition) is 4. The highest BCUT2D eigenvalue weighted by atomic mass is 32.1. The van der Waals surface area contributed by atoms with Crippen LogP contribution >= 0.6 is 11.3 Å². The van der Waals surface area contributed by atoms with Crippen molar-refractivity contribution in [3.05, 3.63) is 49.5 Å². The standard InChI is InChI=1S/C24H28N6O4S/c1-4-29(5-2)10-9-26-21(31)18-13-28-19-8-7-15(11-16(18)19)27-14-20-22(32)30(6-3)23(35-20)17(12-25)24(33)34/h7-8,11,13-14,27-28H,4-6,9-10H2,1-3H3,(H,26,31)(H,33,34). The van der Waals surface area contributed by atoms with Gasteiger partial charge in [0, 0.05) is 48.6 Å². The summed E-state index contributed by atoms with van der Waals surface area (Å²) in [6.07, 6.45) is 3.15. The number of carbonyl (C=O) groups excluding carboxylic acids is 1. The first-order valence-corrected chi connectivity index (χ1v) is 12.1. The van der Waals surface area contributed by atoms with Gasteiger partial charge in [0.1, 0.15) is 15.3 Å². The van der Waals surface area contributed by atoms with Crippen molar-refractivity contribution in [1.82, 2.24) is 19.8 Å². The Bertz CT molecular complexity index is 1460. The van der Waals surface area contributed by atoms with Crippen LogP contribution in [0.2, 0.25) is 0 Å². The van der Waals surface area contributed by atoms with Crippen LogP contribution in [0.3, 0.4) is 0 Å². The van der Waals surface area contributed by atoms with Crippen LogP contribution in [0.15, 0.2) is 29.2 Å². The maximum absolute atomic E-state index is 12.7. The second kappa shape index (κ2) is 11.5. The first-order chi connectivity index (χ1) is 16.8. The van der Waals surface area contributed by atoms with Crippen LogP contribution in [0.25, 0.3) is 22.7 Å². The number of nitriles is 1. The van der Waals surface area contributed by atoms with Crippen LogP contribution in [0, 0.1) is 11.3 Å². The average molecular weight is 497 g/mol. The van der Waals surface area contributed by atoms with Gasteiger partial charge in [-0.05, 0) is 38.2 Å². The van der Waals surface area contributed by atoms with Crippen molar-refractivity contribution in [1.29, 1.82) is 5.26 Å². The van der Waals surface area contributed by atoms with E-state index in [1.54, 1.807) is 31.3 Å². The molecule has 2 aromatic heterocycles. The number of amides is 1. The summed E-state index contributed by atoms with van der Waals surface area (Å²) in [5.74, 6) is -1.55. The summed E-state index contributed by atoms with van der Waals surface area (Å²) < 4.78 is 1.63. The van der Waals surface area contributed by atoms with Crippen molar-refractivity contribution in [3.63, 3.8) is 0 Å². The van der Waals surface area contributed by atoms with Gasteiger partial charge in [-0.25, -0.2) is 4.79 Å². The van der Waals surface area contributed by atoms with Crippen molar-refractivity contribution < 1.29 is 14.7 Å². The van der Waals surface area contributed by atoms with E-state index in [-0.39, 0.29) is 27.2 Å². The van der Waals surface area contributed by atoms with E-state index in [1.807, 2.05) is 6.07 Å². The van der Waals surface area contributed by atoms with E-state index < -0.39 is 11.5 Å². The van der Waals surface area contributed by atoms with Gasteiger partial charge in [0.05, 0.1) is 5.56 Å². The van der Waals surface area contributed by atoms with Gasteiger partial charge in [0.15, 0.2) is 5.57 Å². The predicted octanol–water partition coefficient (Wildman–Crippen LogP) is 1.09. The van der Waals surface area contributed by atoms with Crippen LogP contribution in [0.5, 0.6) is 0 Å². The number of thiazole rings is 1. The largest absolute Gasteiger partial charge is 0.477 e. The zero-order chi connectivity index (χ0) is 25.5. The number of carbonyl (C=O) groups is 2. The summed E-state index contributed by atoms with van der Waals surface area (Å²) in [5.41, 5.74) is 1.11. The fourth-order valence-electron chi connectivity index (χ4n) is 3.69. The number of carboxylic acid groups (broad SMARTS) is 1. The predicted molar refractivity (Wildman–Crippen MR) is 137 cm³/mol. The third-order valence-corrected chi connectivity index (χ3v) is 6.80. The summed E-state index contributed by atoms with van der Waals surface area (Å²) in [6.45, 7) is 9.27. The van der Waals surface area contributed by atoms with E-state index in [9.17, 15) is 24.8 Å². The monoisotopic (exact) mass is 496 g/mol. The Balaban J connectivity index is 1.89. The number of rotatable bonds is 10. The van der Waals surface area contributed by atoms with E-state index in [1.165, 1.54) is 10.8 Å². The zero-order valence-electron chi connectivity index (χ0n) is 19.8. The van der Waals surface area contributed by atoms with Crippen LogP contribution in [-0.4, -0.2) is 57.6 Å². The number of nitrogens with one attached hydrogen (secondary N) is 3. The number of fused-ring (bicyclic) bond motifs is 1. The van der Waals surface area contributed by atoms with E-state index in [4.69, 9.17) is 0 Å². The Labute approximate surface area is 205 Å². The fourth-order valence-corrected chi connectivity index (χ4v) is 4.77. The lowest BCUT2D eigenvalue weighted by Gasteiger charge is -2.17. The first-order valence-electron chi connectivity index (χ1n) is 11.3. The number of H-pyrrole nitrogens is 1. The second-order valence-corrected chi connectivity index (χ2v) is 8.68. The lowest BCUT2D eigenvalue weighted by atomic mass is 10.1. The molecule has 1 amide bonds. The summed E-state index contributed by atoms with van der Waals surface area (Å²) in [4.78, 5) is 42.2. The minimum atomic E-state index is -1.38. The smallest absolute Gasteiger partial charge is 0.349 e. The van der Waals surface area contributed by atoms with Crippen LogP contribution in [-0.2, 0) is 11.3 Å². The van der Waals surface area contributed by atoms with E-state index in [0.717, 1.165) is 41.9 Å². The number of hydrogen-bond acceptors (Lipinski definition) is 7. The van der Waals surface area contributed by atoms with Gasteiger partial charge in [-0.1, -0.05) is 13.8 Å². The summed E-state index contributed by atoms with van der Waals surface area (Å²) in [5, 5.41) is 25.2. The fraction of sp³-hybridized carbons (Fsp3) is 0.333. The third-order valence-electron chi connectivity index (χ3n) is 5.67. The van der Waals surface area contributed by atoms with Crippen molar-refractivity contribution in [2.24, 2.45) is 0 Å². The van der Waals surface area contributed by atoms with Crippen LogP contribution < -0.4 is 25.4 Å². The molecule has 0 aliphatic rings. The van der Waals surface area contributed by atoms with Gasteiger partial charge in [0.25, 0.3) is 11.5 Å². The number of aromatic nitrogens is 2. The zero-order valence-corrected chi connectivity index (χ0v) is 20.7. The van der Waals surface area contributed by atoms with Gasteiger partial charge < -0.3 is 25.6 Å². The Kier molecular flexibility index (Phi) is 8.46. The lowest BCUT2D eigenvalue weighted by molar-refractivity contribution is -0.130. The van der Waals surface area contributed by atoms with Crippen molar-refractivity contribution in [3.8, 4) is 6.07 Å². The number of likely N-dealkylation sites (N-methyl/N-ethyl adjacent to an activating group) is 1. The molecule has 0 unspecified atom stereocenters. The molecule has 1 aromatic carbocycles. The minimum Gasteiger partial charge on any atom is -0.477 e. The van der Waals surface area contributed by atoms with Gasteiger partial charge >= 0.3 is 5.97 Å². The Hall–Kier alpha value is -3.88. The summed E-state index contributed by atoms with van der Waals surface area (Å²) >= 11 is 0.937. The van der Waals surface area contributed by atoms with Crippen LogP contribution in [0.1, 0.15) is 31.1 Å². The first kappa shape index (κ1) is 25.7. The topological polar surface area (TPSA) is 143 Å². The Morgan fingerprint density at radius 2 is 2.03 bits per heavy atom. The number of aliphatic carboxylic acids is 1. The molecular weight excluding hydrogens is 468 g/mol. The van der Waals surface area contributed by atoms with Crippen molar-refractivity contribution in [2.45, 2.75) is 27.3 Å². The molecule has 4 N–H and O–H groups in total. The highest BCUT2D eigenvalue weighted by Gasteiger charge is 2.15. The van der Waals surface area contributed by atoms with E-state index in [0.29, 0.717) is 17.8 Å². The SMILES string of the molecule is CCN(CC)CCNC(=O)c1c[nH]c2ccc(NC=c3sc(=C(C#N)C(=O)O)n(CC)c3=O)cc12. The van der Waals surface area contributed by atoms with Gasteiger partial charge in [-0.15, -0.1) is 11.3 Å². The molecule has 11 heteroatoms. The molecule has 0 radical (unpaired) electrons. The lowest BCUT2D eigenvalue weighted by Crippen LogP contribution is -2.34. The molecule has 0 atom stereocenters. The Morgan fingerprint density at radius 3 is 2.66 bits per heavy atom. The van der Waals surface area contributed by atoms with E-state index >= 15 is 0 Å². The molecule has 0 fully saturated rings. The molecule has 0 spiro atoms. The number of anilines is 1. The summed E-state index contributed by atoms with van der Waals surface area (Å²) in [6, 6.07) is 7.09. The summed E-state index contributed by atoms with van der Waals surface area (Å²) in [7, 11) is 0. The third kappa shape index (κ3) is 5.62. The number of nitrogens with zero attached hydrogens (tertiary/aromatic N) is 3. The molecule has 0 saturated heterocycles. The molecule has 3 rings (SSSR count). The number of aromatic amines is 1. The quantitative estimate of drug-likeness (QED) is 0.329. The van der Waals surface area contributed by atoms with Crippen molar-refractivity contribution in [2.75, 3.05) is 31.5 Å². The molecule has 0 bridgehead atoms. The molecule has 0 aliphatic carbocycles. The number of benzene rings is 1. The maximum atomic E-state index is 12.7. The van der Waals surface area contributed by atoms with Crippen LogP contribution in [0.4, 0.5) is 5.69 Å². The molecule has 184 valence electrons. The minimum absolute atomic E-state index is 0.102. The molecular formula is C24H28N6O4S. The average Bonchev–Trinajstić information content (AvgIpc) is 3.41. The maximum Gasteiger partial charge on any atom is 0.349 e. The molecule has 3 aromatic rings. The molecule has 10 nitrogen and oxygen atoms in total. The highest BCUT2D eigenvalue weighted by Crippen LogP contribution is 2.22. The van der Waals surface area contributed by atoms with Gasteiger partial charge in [-0.2, -0.15) is 5.26 Å².